The van der Waals surface area contributed by atoms with Gasteiger partial charge in [0, 0.05) is 11.6 Å². The highest BCUT2D eigenvalue weighted by atomic mass is 19.1. The molecule has 3 nitrogen and oxygen atoms in total. The number of halogens is 1. The predicted octanol–water partition coefficient (Wildman–Crippen LogP) is 3.65. The molecule has 2 aromatic rings. The number of nitrogens with zero attached hydrogens (tertiary/aromatic N) is 1. The molecular formula is C17H18FNO2. The van der Waals surface area contributed by atoms with Crippen molar-refractivity contribution in [3.63, 3.8) is 0 Å². The number of carbonyl (C=O) groups is 1. The van der Waals surface area contributed by atoms with Crippen LogP contribution in [0.1, 0.15) is 35.9 Å². The smallest absolute Gasteiger partial charge is 0.179 e. The molecule has 1 aliphatic carbocycles. The predicted molar refractivity (Wildman–Crippen MR) is 77.5 cm³/mol. The highest BCUT2D eigenvalue weighted by Gasteiger charge is 2.35. The summed E-state index contributed by atoms with van der Waals surface area (Å²) >= 11 is 0. The van der Waals surface area contributed by atoms with Crippen molar-refractivity contribution in [1.82, 2.24) is 4.90 Å². The van der Waals surface area contributed by atoms with Gasteiger partial charge in [0.05, 0.1) is 18.8 Å². The molecule has 1 aromatic heterocycles. The van der Waals surface area contributed by atoms with Crippen molar-refractivity contribution in [3.05, 3.63) is 59.8 Å². The molecule has 0 spiro atoms. The van der Waals surface area contributed by atoms with Crippen molar-refractivity contribution >= 4 is 5.78 Å². The van der Waals surface area contributed by atoms with Crippen LogP contribution in [0.25, 0.3) is 0 Å². The van der Waals surface area contributed by atoms with Gasteiger partial charge in [-0.25, -0.2) is 4.39 Å². The van der Waals surface area contributed by atoms with Crippen LogP contribution in [0.15, 0.2) is 47.1 Å². The first kappa shape index (κ1) is 14.0. The fraction of sp³-hybridized carbons (Fsp3) is 0.353. The molecule has 0 N–H and O–H groups in total. The largest absolute Gasteiger partial charge is 0.468 e. The second-order valence-electron chi connectivity index (χ2n) is 5.53. The molecule has 1 saturated carbocycles. The lowest BCUT2D eigenvalue weighted by Gasteiger charge is -2.27. The number of ketones is 1. The Morgan fingerprint density at radius 3 is 2.62 bits per heavy atom. The minimum atomic E-state index is -0.325. The molecular weight excluding hydrogens is 269 g/mol. The number of carbonyl (C=O) groups excluding carboxylic acids is 1. The Morgan fingerprint density at radius 2 is 2.05 bits per heavy atom. The summed E-state index contributed by atoms with van der Waals surface area (Å²) in [6.07, 6.45) is 3.87. The number of hydrogen-bond acceptors (Lipinski definition) is 3. The summed E-state index contributed by atoms with van der Waals surface area (Å²) < 4.78 is 18.4. The maximum absolute atomic E-state index is 13.0. The first-order chi connectivity index (χ1) is 10.1. The van der Waals surface area contributed by atoms with Gasteiger partial charge in [0.1, 0.15) is 11.6 Å². The summed E-state index contributed by atoms with van der Waals surface area (Å²) in [5.41, 5.74) is 0.550. The van der Waals surface area contributed by atoms with Gasteiger partial charge in [-0.3, -0.25) is 9.69 Å². The molecule has 0 saturated heterocycles. The lowest BCUT2D eigenvalue weighted by Crippen LogP contribution is -2.40. The first-order valence-electron chi connectivity index (χ1n) is 7.23. The van der Waals surface area contributed by atoms with E-state index >= 15 is 0 Å². The topological polar surface area (TPSA) is 33.5 Å². The Morgan fingerprint density at radius 1 is 1.33 bits per heavy atom. The molecule has 1 aliphatic rings. The second kappa shape index (κ2) is 5.82. The summed E-state index contributed by atoms with van der Waals surface area (Å²) in [5.74, 6) is 0.558. The third-order valence-corrected chi connectivity index (χ3v) is 3.94. The van der Waals surface area contributed by atoms with Gasteiger partial charge in [-0.1, -0.05) is 0 Å². The summed E-state index contributed by atoms with van der Waals surface area (Å²) in [5, 5.41) is 0. The van der Waals surface area contributed by atoms with Crippen molar-refractivity contribution in [2.45, 2.75) is 38.4 Å². The van der Waals surface area contributed by atoms with E-state index in [1.54, 1.807) is 18.4 Å². The van der Waals surface area contributed by atoms with Gasteiger partial charge in [-0.05, 0) is 56.2 Å². The molecule has 0 amide bonds. The Balaban J connectivity index is 1.75. The maximum Gasteiger partial charge on any atom is 0.179 e. The second-order valence-corrected chi connectivity index (χ2v) is 5.53. The Hall–Kier alpha value is -1.94. The first-order valence-corrected chi connectivity index (χ1v) is 7.23. The van der Waals surface area contributed by atoms with E-state index in [-0.39, 0.29) is 17.6 Å². The van der Waals surface area contributed by atoms with Gasteiger partial charge in [-0.2, -0.15) is 0 Å². The number of rotatable bonds is 6. The number of benzene rings is 1. The van der Waals surface area contributed by atoms with E-state index in [1.807, 2.05) is 19.1 Å². The minimum absolute atomic E-state index is 0.0217. The van der Waals surface area contributed by atoms with Crippen LogP contribution in [0.3, 0.4) is 0 Å². The molecule has 21 heavy (non-hydrogen) atoms. The quantitative estimate of drug-likeness (QED) is 0.760. The highest BCUT2D eigenvalue weighted by molar-refractivity contribution is 5.99. The highest BCUT2D eigenvalue weighted by Crippen LogP contribution is 2.31. The van der Waals surface area contributed by atoms with E-state index in [9.17, 15) is 9.18 Å². The van der Waals surface area contributed by atoms with Gasteiger partial charge in [0.2, 0.25) is 0 Å². The van der Waals surface area contributed by atoms with Gasteiger partial charge in [-0.15, -0.1) is 0 Å². The van der Waals surface area contributed by atoms with Gasteiger partial charge >= 0.3 is 0 Å². The Bertz CT molecular complexity index is 602. The maximum atomic E-state index is 13.0. The van der Waals surface area contributed by atoms with E-state index in [0.29, 0.717) is 18.2 Å². The van der Waals surface area contributed by atoms with E-state index in [2.05, 4.69) is 4.90 Å². The van der Waals surface area contributed by atoms with Gasteiger partial charge < -0.3 is 4.42 Å². The molecule has 110 valence electrons. The van der Waals surface area contributed by atoms with Crippen molar-refractivity contribution < 1.29 is 13.6 Å². The molecule has 1 heterocycles. The minimum Gasteiger partial charge on any atom is -0.468 e. The lowest BCUT2D eigenvalue weighted by molar-refractivity contribution is 0.0803. The molecule has 1 aromatic carbocycles. The van der Waals surface area contributed by atoms with E-state index < -0.39 is 0 Å². The molecule has 0 bridgehead atoms. The summed E-state index contributed by atoms with van der Waals surface area (Å²) in [4.78, 5) is 14.7. The third-order valence-electron chi connectivity index (χ3n) is 3.94. The summed E-state index contributed by atoms with van der Waals surface area (Å²) in [6.45, 7) is 2.54. The van der Waals surface area contributed by atoms with Crippen LogP contribution in [-0.2, 0) is 6.54 Å². The van der Waals surface area contributed by atoms with Crippen LogP contribution in [0.2, 0.25) is 0 Å². The summed E-state index contributed by atoms with van der Waals surface area (Å²) in [7, 11) is 0. The number of furan rings is 1. The SMILES string of the molecule is CC(C(=O)c1ccc(F)cc1)N(Cc1ccco1)C1CC1. The average molecular weight is 287 g/mol. The van der Waals surface area contributed by atoms with Crippen LogP contribution in [0.4, 0.5) is 4.39 Å². The molecule has 1 unspecified atom stereocenters. The van der Waals surface area contributed by atoms with E-state index in [1.165, 1.54) is 12.1 Å². The van der Waals surface area contributed by atoms with Crippen molar-refractivity contribution in [2.75, 3.05) is 0 Å². The third kappa shape index (κ3) is 3.22. The molecule has 0 radical (unpaired) electrons. The van der Waals surface area contributed by atoms with Crippen molar-refractivity contribution in [1.29, 1.82) is 0 Å². The van der Waals surface area contributed by atoms with Gasteiger partial charge in [0.15, 0.2) is 5.78 Å². The van der Waals surface area contributed by atoms with E-state index in [0.717, 1.165) is 18.6 Å². The molecule has 1 fully saturated rings. The lowest BCUT2D eigenvalue weighted by atomic mass is 10.0. The van der Waals surface area contributed by atoms with Crippen LogP contribution in [-0.4, -0.2) is 22.8 Å². The average Bonchev–Trinajstić information content (AvgIpc) is 3.20. The van der Waals surface area contributed by atoms with Crippen molar-refractivity contribution in [2.24, 2.45) is 0 Å². The van der Waals surface area contributed by atoms with Crippen LogP contribution in [0, 0.1) is 5.82 Å². The molecule has 3 rings (SSSR count). The zero-order valence-corrected chi connectivity index (χ0v) is 12.0. The monoisotopic (exact) mass is 287 g/mol. The summed E-state index contributed by atoms with van der Waals surface area (Å²) in [6, 6.07) is 9.72. The Labute approximate surface area is 123 Å². The standard InChI is InChI=1S/C17H18FNO2/c1-12(17(20)13-4-6-14(18)7-5-13)19(15-8-9-15)11-16-3-2-10-21-16/h2-7,10,12,15H,8-9,11H2,1H3. The Kier molecular flexibility index (Phi) is 3.88. The normalized spacial score (nSPS) is 16.1. The fourth-order valence-corrected chi connectivity index (χ4v) is 2.58. The van der Waals surface area contributed by atoms with Crippen LogP contribution in [0.5, 0.6) is 0 Å². The van der Waals surface area contributed by atoms with Crippen molar-refractivity contribution in [3.8, 4) is 0 Å². The van der Waals surface area contributed by atoms with E-state index in [4.69, 9.17) is 4.42 Å². The molecule has 1 atom stereocenters. The van der Waals surface area contributed by atoms with Crippen LogP contribution < -0.4 is 0 Å². The van der Waals surface area contributed by atoms with Crippen LogP contribution >= 0.6 is 0 Å². The fourth-order valence-electron chi connectivity index (χ4n) is 2.58. The molecule has 0 aliphatic heterocycles. The zero-order chi connectivity index (χ0) is 14.8. The number of Topliss-reactive ketones (excluding diaryl/α,β-unsaturated/α-hetero) is 1. The molecule has 4 heteroatoms. The zero-order valence-electron chi connectivity index (χ0n) is 12.0. The number of hydrogen-bond donors (Lipinski definition) is 0. The van der Waals surface area contributed by atoms with Gasteiger partial charge in [0.25, 0.3) is 0 Å².